The maximum atomic E-state index is 12.3. The largest absolute Gasteiger partial charge is 0.462 e. The lowest BCUT2D eigenvalue weighted by Crippen LogP contribution is -2.09. The molecule has 3 aromatic rings. The van der Waals surface area contributed by atoms with E-state index in [1.54, 1.807) is 25.3 Å². The number of benzene rings is 2. The van der Waals surface area contributed by atoms with Gasteiger partial charge in [0.1, 0.15) is 5.56 Å². The Hall–Kier alpha value is -2.59. The molecule has 24 heavy (non-hydrogen) atoms. The quantitative estimate of drug-likeness (QED) is 0.670. The van der Waals surface area contributed by atoms with Crippen LogP contribution in [0.15, 0.2) is 48.7 Å². The molecule has 0 aliphatic carbocycles. The van der Waals surface area contributed by atoms with Crippen LogP contribution in [0.2, 0.25) is 5.02 Å². The number of aryl methyl sites for hydroxylation is 1. The highest BCUT2D eigenvalue weighted by atomic mass is 35.5. The summed E-state index contributed by atoms with van der Waals surface area (Å²) < 4.78 is 5.16. The molecule has 0 fully saturated rings. The minimum atomic E-state index is -0.398. The van der Waals surface area contributed by atoms with E-state index >= 15 is 0 Å². The molecule has 0 spiro atoms. The topological polar surface area (TPSA) is 51.2 Å². The molecule has 0 radical (unpaired) electrons. The van der Waals surface area contributed by atoms with Gasteiger partial charge in [-0.1, -0.05) is 29.8 Å². The highest BCUT2D eigenvalue weighted by Gasteiger charge is 2.17. The summed E-state index contributed by atoms with van der Waals surface area (Å²) in [5.41, 5.74) is 3.82. The van der Waals surface area contributed by atoms with Crippen molar-refractivity contribution in [2.45, 2.75) is 13.8 Å². The van der Waals surface area contributed by atoms with Crippen LogP contribution in [-0.4, -0.2) is 17.6 Å². The van der Waals surface area contributed by atoms with Gasteiger partial charge in [-0.3, -0.25) is 4.98 Å². The molecule has 0 aliphatic rings. The zero-order valence-corrected chi connectivity index (χ0v) is 14.2. The normalized spacial score (nSPS) is 10.6. The van der Waals surface area contributed by atoms with Crippen LogP contribution in [0.1, 0.15) is 22.8 Å². The molecule has 0 unspecified atom stereocenters. The zero-order chi connectivity index (χ0) is 17.1. The third kappa shape index (κ3) is 3.19. The van der Waals surface area contributed by atoms with E-state index in [4.69, 9.17) is 16.3 Å². The van der Waals surface area contributed by atoms with Gasteiger partial charge < -0.3 is 10.1 Å². The highest BCUT2D eigenvalue weighted by Crippen LogP contribution is 2.31. The van der Waals surface area contributed by atoms with Gasteiger partial charge in [-0.25, -0.2) is 4.79 Å². The first-order chi connectivity index (χ1) is 11.6. The average molecular weight is 341 g/mol. The monoisotopic (exact) mass is 340 g/mol. The van der Waals surface area contributed by atoms with Crippen LogP contribution in [0.4, 0.5) is 11.4 Å². The molecule has 3 rings (SSSR count). The number of nitrogens with zero attached hydrogens (tertiary/aromatic N) is 1. The first kappa shape index (κ1) is 16.3. The Labute approximate surface area is 145 Å². The number of esters is 1. The van der Waals surface area contributed by atoms with Gasteiger partial charge in [0, 0.05) is 22.3 Å². The molecule has 122 valence electrons. The second kappa shape index (κ2) is 6.89. The van der Waals surface area contributed by atoms with Crippen LogP contribution < -0.4 is 5.32 Å². The first-order valence-electron chi connectivity index (χ1n) is 7.68. The van der Waals surface area contributed by atoms with E-state index in [1.807, 2.05) is 37.3 Å². The number of anilines is 2. The summed E-state index contributed by atoms with van der Waals surface area (Å²) in [6.45, 7) is 4.08. The summed E-state index contributed by atoms with van der Waals surface area (Å²) in [4.78, 5) is 16.8. The van der Waals surface area contributed by atoms with E-state index < -0.39 is 5.97 Å². The number of aromatic nitrogens is 1. The Morgan fingerprint density at radius 2 is 1.96 bits per heavy atom. The summed E-state index contributed by atoms with van der Waals surface area (Å²) in [5.74, 6) is -0.398. The number of hydrogen-bond donors (Lipinski definition) is 1. The van der Waals surface area contributed by atoms with Crippen LogP contribution in [0.3, 0.4) is 0 Å². The molecule has 1 heterocycles. The van der Waals surface area contributed by atoms with Crippen molar-refractivity contribution in [3.63, 3.8) is 0 Å². The van der Waals surface area contributed by atoms with E-state index in [0.717, 1.165) is 22.2 Å². The van der Waals surface area contributed by atoms with Gasteiger partial charge in [0.2, 0.25) is 0 Å². The van der Waals surface area contributed by atoms with Crippen molar-refractivity contribution in [3.8, 4) is 0 Å². The second-order valence-electron chi connectivity index (χ2n) is 5.37. The van der Waals surface area contributed by atoms with Crippen molar-refractivity contribution in [3.05, 3.63) is 64.8 Å². The SMILES string of the molecule is CCOC(=O)c1cnc2c(C)cccc2c1Nc1ccc(Cl)cc1. The van der Waals surface area contributed by atoms with Crippen molar-refractivity contribution in [2.75, 3.05) is 11.9 Å². The van der Waals surface area contributed by atoms with Gasteiger partial charge in [-0.2, -0.15) is 0 Å². The predicted molar refractivity (Wildman–Crippen MR) is 97.2 cm³/mol. The summed E-state index contributed by atoms with van der Waals surface area (Å²) in [6.07, 6.45) is 1.56. The molecule has 5 heteroatoms. The molecule has 1 N–H and O–H groups in total. The Bertz CT molecular complexity index is 892. The first-order valence-corrected chi connectivity index (χ1v) is 8.06. The third-order valence-corrected chi connectivity index (χ3v) is 3.96. The fourth-order valence-electron chi connectivity index (χ4n) is 2.55. The predicted octanol–water partition coefficient (Wildman–Crippen LogP) is 5.12. The van der Waals surface area contributed by atoms with E-state index in [1.165, 1.54) is 0 Å². The number of halogens is 1. The molecular formula is C19H17ClN2O2. The summed E-state index contributed by atoms with van der Waals surface area (Å²) in [7, 11) is 0. The van der Waals surface area contributed by atoms with Crippen molar-refractivity contribution < 1.29 is 9.53 Å². The van der Waals surface area contributed by atoms with Crippen LogP contribution in [0.5, 0.6) is 0 Å². The number of rotatable bonds is 4. The lowest BCUT2D eigenvalue weighted by atomic mass is 10.1. The van der Waals surface area contributed by atoms with Crippen molar-refractivity contribution in [1.82, 2.24) is 4.98 Å². The van der Waals surface area contributed by atoms with Crippen LogP contribution in [0.25, 0.3) is 10.9 Å². The number of fused-ring (bicyclic) bond motifs is 1. The van der Waals surface area contributed by atoms with E-state index in [-0.39, 0.29) is 0 Å². The number of carbonyl (C=O) groups excluding carboxylic acids is 1. The second-order valence-corrected chi connectivity index (χ2v) is 5.81. The maximum Gasteiger partial charge on any atom is 0.341 e. The van der Waals surface area contributed by atoms with E-state index in [9.17, 15) is 4.79 Å². The molecule has 0 aliphatic heterocycles. The van der Waals surface area contributed by atoms with Gasteiger partial charge >= 0.3 is 5.97 Å². The molecule has 0 bridgehead atoms. The van der Waals surface area contributed by atoms with Crippen LogP contribution >= 0.6 is 11.6 Å². The summed E-state index contributed by atoms with van der Waals surface area (Å²) >= 11 is 5.94. The number of para-hydroxylation sites is 1. The minimum Gasteiger partial charge on any atom is -0.462 e. The molecular weight excluding hydrogens is 324 g/mol. The Kier molecular flexibility index (Phi) is 4.67. The summed E-state index contributed by atoms with van der Waals surface area (Å²) in [6, 6.07) is 13.2. The Morgan fingerprint density at radius 3 is 2.67 bits per heavy atom. The lowest BCUT2D eigenvalue weighted by Gasteiger charge is -2.15. The van der Waals surface area contributed by atoms with Crippen molar-refractivity contribution in [1.29, 1.82) is 0 Å². The fraction of sp³-hybridized carbons (Fsp3) is 0.158. The number of nitrogens with one attached hydrogen (secondary N) is 1. The number of pyridine rings is 1. The molecule has 2 aromatic carbocycles. The standard InChI is InChI=1S/C19H17ClN2O2/c1-3-24-19(23)16-11-21-17-12(2)5-4-6-15(17)18(16)22-14-9-7-13(20)8-10-14/h4-11H,3H2,1-2H3,(H,21,22). The van der Waals surface area contributed by atoms with E-state index in [0.29, 0.717) is 22.9 Å². The molecule has 1 aromatic heterocycles. The average Bonchev–Trinajstić information content (AvgIpc) is 2.58. The number of carbonyl (C=O) groups is 1. The van der Waals surface area contributed by atoms with Crippen LogP contribution in [0, 0.1) is 6.92 Å². The third-order valence-electron chi connectivity index (χ3n) is 3.71. The number of ether oxygens (including phenoxy) is 1. The Balaban J connectivity index is 2.16. The molecule has 0 saturated heterocycles. The van der Waals surface area contributed by atoms with Crippen molar-refractivity contribution in [2.24, 2.45) is 0 Å². The fourth-order valence-corrected chi connectivity index (χ4v) is 2.67. The Morgan fingerprint density at radius 1 is 1.21 bits per heavy atom. The van der Waals surface area contributed by atoms with Gasteiger partial charge in [0.25, 0.3) is 0 Å². The minimum absolute atomic E-state index is 0.311. The maximum absolute atomic E-state index is 12.3. The van der Waals surface area contributed by atoms with Gasteiger partial charge in [-0.15, -0.1) is 0 Å². The zero-order valence-electron chi connectivity index (χ0n) is 13.5. The van der Waals surface area contributed by atoms with Gasteiger partial charge in [-0.05, 0) is 43.7 Å². The molecule has 0 saturated carbocycles. The molecule has 0 amide bonds. The van der Waals surface area contributed by atoms with Gasteiger partial charge in [0.15, 0.2) is 0 Å². The molecule has 0 atom stereocenters. The smallest absolute Gasteiger partial charge is 0.341 e. The molecule has 4 nitrogen and oxygen atoms in total. The van der Waals surface area contributed by atoms with Crippen molar-refractivity contribution >= 4 is 39.8 Å². The van der Waals surface area contributed by atoms with E-state index in [2.05, 4.69) is 10.3 Å². The summed E-state index contributed by atoms with van der Waals surface area (Å²) in [5, 5.41) is 4.83. The number of hydrogen-bond acceptors (Lipinski definition) is 4. The van der Waals surface area contributed by atoms with Crippen LogP contribution in [-0.2, 0) is 4.74 Å². The highest BCUT2D eigenvalue weighted by molar-refractivity contribution is 6.30. The lowest BCUT2D eigenvalue weighted by molar-refractivity contribution is 0.0527. The van der Waals surface area contributed by atoms with Gasteiger partial charge in [0.05, 0.1) is 17.8 Å².